The molecule has 0 spiro atoms. The molecule has 0 radical (unpaired) electrons. The lowest BCUT2D eigenvalue weighted by molar-refractivity contribution is 0.0144. The fraction of sp³-hybridized carbons (Fsp3) is 0.684. The molecule has 8 nitrogen and oxygen atoms in total. The van der Waals surface area contributed by atoms with Gasteiger partial charge in [0.15, 0.2) is 5.16 Å². The summed E-state index contributed by atoms with van der Waals surface area (Å²) in [5.74, 6) is 0.947. The van der Waals surface area contributed by atoms with Crippen molar-refractivity contribution in [2.24, 2.45) is 0 Å². The van der Waals surface area contributed by atoms with E-state index in [9.17, 15) is 10.1 Å². The number of hydrogen-bond donors (Lipinski definition) is 1. The lowest BCUT2D eigenvalue weighted by Gasteiger charge is -2.42. The van der Waals surface area contributed by atoms with Gasteiger partial charge in [-0.15, -0.1) is 0 Å². The highest BCUT2D eigenvalue weighted by Gasteiger charge is 2.35. The van der Waals surface area contributed by atoms with Crippen molar-refractivity contribution < 1.29 is 9.53 Å². The van der Waals surface area contributed by atoms with Gasteiger partial charge in [0.2, 0.25) is 0 Å². The van der Waals surface area contributed by atoms with Crippen LogP contribution in [0.25, 0.3) is 0 Å². The second kappa shape index (κ2) is 8.53. The molecule has 3 rings (SSSR count). The van der Waals surface area contributed by atoms with Gasteiger partial charge in [-0.2, -0.15) is 5.26 Å². The number of aromatic nitrogens is 2. The molecule has 28 heavy (non-hydrogen) atoms. The van der Waals surface area contributed by atoms with E-state index >= 15 is 0 Å². The normalized spacial score (nSPS) is 19.8. The van der Waals surface area contributed by atoms with Crippen LogP contribution in [0, 0.1) is 11.3 Å². The number of anilines is 1. The Morgan fingerprint density at radius 2 is 2.18 bits per heavy atom. The summed E-state index contributed by atoms with van der Waals surface area (Å²) in [4.78, 5) is 25.9. The van der Waals surface area contributed by atoms with Crippen LogP contribution in [-0.4, -0.2) is 65.0 Å². The molecule has 1 N–H and O–H groups in total. The molecule has 1 aromatic rings. The van der Waals surface area contributed by atoms with Crippen LogP contribution in [-0.2, 0) is 17.7 Å². The molecule has 152 valence electrons. The highest BCUT2D eigenvalue weighted by Crippen LogP contribution is 2.29. The average molecular weight is 405 g/mol. The van der Waals surface area contributed by atoms with Crippen LogP contribution in [0.15, 0.2) is 5.16 Å². The number of hydrogen-bond acceptors (Lipinski definition) is 8. The van der Waals surface area contributed by atoms with Crippen LogP contribution < -0.4 is 10.2 Å². The van der Waals surface area contributed by atoms with Crippen molar-refractivity contribution >= 4 is 23.7 Å². The van der Waals surface area contributed by atoms with E-state index in [4.69, 9.17) is 9.72 Å². The third-order valence-electron chi connectivity index (χ3n) is 4.81. The van der Waals surface area contributed by atoms with E-state index < -0.39 is 5.60 Å². The minimum absolute atomic E-state index is 0.223. The van der Waals surface area contributed by atoms with Crippen LogP contribution in [0.1, 0.15) is 38.4 Å². The number of amides is 1. The van der Waals surface area contributed by atoms with Crippen molar-refractivity contribution in [3.05, 3.63) is 11.3 Å². The summed E-state index contributed by atoms with van der Waals surface area (Å²) in [6.07, 6.45) is 2.76. The number of fused-ring (bicyclic) bond motifs is 1. The Bertz CT molecular complexity index is 773. The summed E-state index contributed by atoms with van der Waals surface area (Å²) in [5, 5.41) is 13.4. The summed E-state index contributed by atoms with van der Waals surface area (Å²) >= 11 is 1.53. The molecular weight excluding hydrogens is 376 g/mol. The lowest BCUT2D eigenvalue weighted by atomic mass is 10.0. The predicted molar refractivity (Wildman–Crippen MR) is 108 cm³/mol. The Labute approximate surface area is 170 Å². The second-order valence-electron chi connectivity index (χ2n) is 8.02. The number of nitrogens with one attached hydrogen (secondary N) is 1. The molecule has 9 heteroatoms. The van der Waals surface area contributed by atoms with E-state index in [-0.39, 0.29) is 18.6 Å². The van der Waals surface area contributed by atoms with Gasteiger partial charge in [0.25, 0.3) is 0 Å². The monoisotopic (exact) mass is 404 g/mol. The summed E-state index contributed by atoms with van der Waals surface area (Å²) < 4.78 is 5.54. The molecule has 0 bridgehead atoms. The van der Waals surface area contributed by atoms with Gasteiger partial charge in [-0.25, -0.2) is 14.8 Å². The molecule has 1 amide bonds. The zero-order valence-corrected chi connectivity index (χ0v) is 17.8. The van der Waals surface area contributed by atoms with E-state index in [0.717, 1.165) is 36.2 Å². The minimum Gasteiger partial charge on any atom is -0.444 e. The Hall–Kier alpha value is -2.05. The standard InChI is InChI=1S/C19H28N6O2S/c1-19(2,3)27-18(26)25-10-9-24(12-13(25)5-7-20)16-14-6-8-21-11-15(14)22-17(23-16)28-4/h13,21H,5-6,8-12H2,1-4H3. The van der Waals surface area contributed by atoms with Gasteiger partial charge in [0.1, 0.15) is 11.4 Å². The van der Waals surface area contributed by atoms with E-state index in [0.29, 0.717) is 19.6 Å². The molecule has 1 aromatic heterocycles. The SMILES string of the molecule is CSc1nc2c(c(N3CCN(C(=O)OC(C)(C)C)C(CC#N)C3)n1)CCNC2. The number of rotatable bonds is 3. The minimum atomic E-state index is -0.558. The highest BCUT2D eigenvalue weighted by molar-refractivity contribution is 7.98. The first kappa shape index (κ1) is 20.7. The van der Waals surface area contributed by atoms with Crippen LogP contribution in [0.4, 0.5) is 10.6 Å². The molecule has 2 aliphatic heterocycles. The number of carbonyl (C=O) groups excluding carboxylic acids is 1. The Morgan fingerprint density at radius 1 is 1.39 bits per heavy atom. The molecule has 0 aromatic carbocycles. The smallest absolute Gasteiger partial charge is 0.410 e. The Morgan fingerprint density at radius 3 is 2.86 bits per heavy atom. The first-order valence-corrected chi connectivity index (χ1v) is 10.8. The fourth-order valence-electron chi connectivity index (χ4n) is 3.56. The zero-order valence-electron chi connectivity index (χ0n) is 17.0. The topological polar surface area (TPSA) is 94.4 Å². The predicted octanol–water partition coefficient (Wildman–Crippen LogP) is 2.18. The molecule has 1 saturated heterocycles. The average Bonchev–Trinajstić information content (AvgIpc) is 2.66. The maximum atomic E-state index is 12.6. The van der Waals surface area contributed by atoms with Gasteiger partial charge in [-0.05, 0) is 40.0 Å². The van der Waals surface area contributed by atoms with Gasteiger partial charge in [0.05, 0.1) is 24.2 Å². The number of nitrogens with zero attached hydrogens (tertiary/aromatic N) is 5. The lowest BCUT2D eigenvalue weighted by Crippen LogP contribution is -2.56. The van der Waals surface area contributed by atoms with E-state index in [1.807, 2.05) is 27.0 Å². The van der Waals surface area contributed by atoms with E-state index in [1.54, 1.807) is 4.90 Å². The van der Waals surface area contributed by atoms with Gasteiger partial charge >= 0.3 is 6.09 Å². The van der Waals surface area contributed by atoms with E-state index in [2.05, 4.69) is 21.3 Å². The molecular formula is C19H28N6O2S. The number of piperazine rings is 1. The summed E-state index contributed by atoms with van der Waals surface area (Å²) in [7, 11) is 0. The van der Waals surface area contributed by atoms with Gasteiger partial charge in [0, 0.05) is 31.7 Å². The molecule has 2 aliphatic rings. The fourth-order valence-corrected chi connectivity index (χ4v) is 3.94. The number of carbonyl (C=O) groups is 1. The second-order valence-corrected chi connectivity index (χ2v) is 8.80. The van der Waals surface area contributed by atoms with Crippen LogP contribution in [0.2, 0.25) is 0 Å². The molecule has 0 saturated carbocycles. The third-order valence-corrected chi connectivity index (χ3v) is 5.36. The summed E-state index contributed by atoms with van der Waals surface area (Å²) in [6.45, 7) is 8.94. The zero-order chi connectivity index (χ0) is 20.3. The largest absolute Gasteiger partial charge is 0.444 e. The summed E-state index contributed by atoms with van der Waals surface area (Å²) in [6, 6.07) is 2.00. The Balaban J connectivity index is 1.84. The third kappa shape index (κ3) is 4.67. The van der Waals surface area contributed by atoms with Crippen LogP contribution in [0.5, 0.6) is 0 Å². The highest BCUT2D eigenvalue weighted by atomic mass is 32.2. The quantitative estimate of drug-likeness (QED) is 0.605. The molecule has 0 aliphatic carbocycles. The van der Waals surface area contributed by atoms with Crippen molar-refractivity contribution in [1.29, 1.82) is 5.26 Å². The number of thioether (sulfide) groups is 1. The molecule has 1 atom stereocenters. The molecule has 1 unspecified atom stereocenters. The van der Waals surface area contributed by atoms with Crippen molar-refractivity contribution in [2.45, 2.75) is 57.0 Å². The van der Waals surface area contributed by atoms with Crippen molar-refractivity contribution in [3.8, 4) is 6.07 Å². The van der Waals surface area contributed by atoms with Crippen LogP contribution >= 0.6 is 11.8 Å². The summed E-state index contributed by atoms with van der Waals surface area (Å²) in [5.41, 5.74) is 1.67. The first-order valence-electron chi connectivity index (χ1n) is 9.58. The van der Waals surface area contributed by atoms with E-state index in [1.165, 1.54) is 17.3 Å². The first-order chi connectivity index (χ1) is 13.3. The maximum Gasteiger partial charge on any atom is 0.410 e. The molecule has 3 heterocycles. The number of ether oxygens (including phenoxy) is 1. The Kier molecular flexibility index (Phi) is 6.30. The van der Waals surface area contributed by atoms with Crippen molar-refractivity contribution in [2.75, 3.05) is 37.3 Å². The van der Waals surface area contributed by atoms with Gasteiger partial charge in [-0.1, -0.05) is 11.8 Å². The number of nitriles is 1. The maximum absolute atomic E-state index is 12.6. The molecule has 1 fully saturated rings. The van der Waals surface area contributed by atoms with Crippen molar-refractivity contribution in [3.63, 3.8) is 0 Å². The van der Waals surface area contributed by atoms with Gasteiger partial charge in [-0.3, -0.25) is 0 Å². The van der Waals surface area contributed by atoms with Crippen molar-refractivity contribution in [1.82, 2.24) is 20.2 Å². The van der Waals surface area contributed by atoms with Gasteiger partial charge < -0.3 is 19.9 Å². The van der Waals surface area contributed by atoms with Crippen LogP contribution in [0.3, 0.4) is 0 Å².